The molecule has 0 spiro atoms. The van der Waals surface area contributed by atoms with Crippen LogP contribution < -0.4 is 5.32 Å². The Kier molecular flexibility index (Phi) is 4.18. The summed E-state index contributed by atoms with van der Waals surface area (Å²) in [6, 6.07) is 5.35. The number of anilines is 1. The molecule has 1 saturated carbocycles. The van der Waals surface area contributed by atoms with E-state index >= 15 is 0 Å². The number of likely N-dealkylation sites (tertiary alicyclic amines) is 1. The molecule has 1 aromatic heterocycles. The van der Waals surface area contributed by atoms with E-state index in [4.69, 9.17) is 4.42 Å². The number of amides is 2. The SMILES string of the molecule is CC(C)(C)[C@H]1CCN(C(=O)Nc2ccc3oc(C4CC4)nc3c2)C[C@H]1O. The minimum absolute atomic E-state index is 0.0409. The van der Waals surface area contributed by atoms with E-state index < -0.39 is 6.10 Å². The van der Waals surface area contributed by atoms with Crippen LogP contribution in [0.15, 0.2) is 22.6 Å². The number of β-amino-alcohol motifs (C(OH)–C–C–N with tert-alkyl or cyclic N) is 1. The summed E-state index contributed by atoms with van der Waals surface area (Å²) in [5.74, 6) is 1.47. The number of aliphatic hydroxyl groups is 1. The fraction of sp³-hybridized carbons (Fsp3) is 0.600. The number of piperidine rings is 1. The first-order chi connectivity index (χ1) is 12.3. The molecule has 0 radical (unpaired) electrons. The number of aromatic nitrogens is 1. The number of oxazole rings is 1. The minimum Gasteiger partial charge on any atom is -0.440 e. The van der Waals surface area contributed by atoms with E-state index in [0.29, 0.717) is 24.7 Å². The Morgan fingerprint density at radius 2 is 2.08 bits per heavy atom. The summed E-state index contributed by atoms with van der Waals surface area (Å²) in [6.07, 6.45) is 2.60. The lowest BCUT2D eigenvalue weighted by atomic mass is 9.74. The second-order valence-corrected chi connectivity index (χ2v) is 8.71. The van der Waals surface area contributed by atoms with Crippen LogP contribution in [0.4, 0.5) is 10.5 Å². The van der Waals surface area contributed by atoms with Gasteiger partial charge >= 0.3 is 6.03 Å². The number of carbonyl (C=O) groups is 1. The summed E-state index contributed by atoms with van der Waals surface area (Å²) in [7, 11) is 0. The van der Waals surface area contributed by atoms with Crippen LogP contribution in [0.2, 0.25) is 0 Å². The number of benzene rings is 1. The van der Waals surface area contributed by atoms with Crippen LogP contribution in [0.1, 0.15) is 51.8 Å². The van der Waals surface area contributed by atoms with E-state index in [0.717, 1.165) is 36.3 Å². The first-order valence-corrected chi connectivity index (χ1v) is 9.46. The Morgan fingerprint density at radius 3 is 2.73 bits per heavy atom. The van der Waals surface area contributed by atoms with Crippen molar-refractivity contribution in [1.82, 2.24) is 9.88 Å². The van der Waals surface area contributed by atoms with Crippen molar-refractivity contribution in [2.45, 2.75) is 52.1 Å². The molecule has 140 valence electrons. The van der Waals surface area contributed by atoms with Gasteiger partial charge in [-0.05, 0) is 48.8 Å². The average Bonchev–Trinajstić information content (AvgIpc) is 3.33. The molecule has 2 aliphatic rings. The van der Waals surface area contributed by atoms with E-state index in [9.17, 15) is 9.90 Å². The Balaban J connectivity index is 1.42. The largest absolute Gasteiger partial charge is 0.440 e. The van der Waals surface area contributed by atoms with Crippen LogP contribution in [-0.2, 0) is 0 Å². The number of carbonyl (C=O) groups excluding carboxylic acids is 1. The lowest BCUT2D eigenvalue weighted by Crippen LogP contribution is -2.51. The fourth-order valence-corrected chi connectivity index (χ4v) is 3.86. The predicted molar refractivity (Wildman–Crippen MR) is 100 cm³/mol. The molecule has 6 nitrogen and oxygen atoms in total. The molecule has 1 aliphatic carbocycles. The third kappa shape index (κ3) is 3.43. The van der Waals surface area contributed by atoms with E-state index in [1.807, 2.05) is 18.2 Å². The van der Waals surface area contributed by atoms with E-state index in [1.54, 1.807) is 4.90 Å². The summed E-state index contributed by atoms with van der Waals surface area (Å²) in [6.45, 7) is 7.44. The zero-order valence-corrected chi connectivity index (χ0v) is 15.7. The quantitative estimate of drug-likeness (QED) is 0.852. The van der Waals surface area contributed by atoms with E-state index in [2.05, 4.69) is 31.1 Å². The van der Waals surface area contributed by atoms with Gasteiger partial charge in [0.05, 0.1) is 6.10 Å². The summed E-state index contributed by atoms with van der Waals surface area (Å²) in [5.41, 5.74) is 2.27. The minimum atomic E-state index is -0.492. The van der Waals surface area contributed by atoms with E-state index in [-0.39, 0.29) is 17.4 Å². The van der Waals surface area contributed by atoms with Gasteiger partial charge in [0.2, 0.25) is 0 Å². The van der Waals surface area contributed by atoms with Gasteiger partial charge in [0.15, 0.2) is 11.5 Å². The monoisotopic (exact) mass is 357 g/mol. The molecule has 0 bridgehead atoms. The zero-order valence-electron chi connectivity index (χ0n) is 15.7. The molecule has 2 aromatic rings. The van der Waals surface area contributed by atoms with Crippen LogP contribution in [0.3, 0.4) is 0 Å². The maximum absolute atomic E-state index is 12.6. The van der Waals surface area contributed by atoms with Gasteiger partial charge in [-0.1, -0.05) is 20.8 Å². The Bertz CT molecular complexity index is 819. The normalized spacial score (nSPS) is 24.1. The highest BCUT2D eigenvalue weighted by atomic mass is 16.3. The number of hydrogen-bond donors (Lipinski definition) is 2. The molecule has 0 unspecified atom stereocenters. The van der Waals surface area contributed by atoms with Crippen molar-refractivity contribution in [3.63, 3.8) is 0 Å². The van der Waals surface area contributed by atoms with Crippen LogP contribution in [0.25, 0.3) is 11.1 Å². The van der Waals surface area contributed by atoms with Gasteiger partial charge in [0.25, 0.3) is 0 Å². The molecule has 2 fully saturated rings. The van der Waals surface area contributed by atoms with Gasteiger partial charge in [0, 0.05) is 24.7 Å². The maximum Gasteiger partial charge on any atom is 0.321 e. The number of urea groups is 1. The molecule has 2 N–H and O–H groups in total. The van der Waals surface area contributed by atoms with Crippen molar-refractivity contribution in [3.05, 3.63) is 24.1 Å². The molecule has 1 aliphatic heterocycles. The molecule has 2 atom stereocenters. The maximum atomic E-state index is 12.6. The highest BCUT2D eigenvalue weighted by Crippen LogP contribution is 2.40. The number of hydrogen-bond acceptors (Lipinski definition) is 4. The van der Waals surface area contributed by atoms with Crippen LogP contribution in [0.5, 0.6) is 0 Å². The molecule has 1 saturated heterocycles. The first kappa shape index (κ1) is 17.3. The standard InChI is InChI=1S/C20H27N3O3/c1-20(2,3)14-8-9-23(11-16(14)24)19(25)21-13-6-7-17-15(10-13)22-18(26-17)12-4-5-12/h6-7,10,12,14,16,24H,4-5,8-9,11H2,1-3H3,(H,21,25)/t14-,16+/m0/s1. The number of rotatable bonds is 2. The van der Waals surface area contributed by atoms with Crippen LogP contribution in [-0.4, -0.2) is 40.2 Å². The lowest BCUT2D eigenvalue weighted by Gasteiger charge is -2.42. The van der Waals surface area contributed by atoms with Crippen LogP contribution >= 0.6 is 0 Å². The van der Waals surface area contributed by atoms with Crippen molar-refractivity contribution < 1.29 is 14.3 Å². The molecule has 2 heterocycles. The number of nitrogens with one attached hydrogen (secondary N) is 1. The van der Waals surface area contributed by atoms with Gasteiger partial charge in [0.1, 0.15) is 5.52 Å². The number of nitrogens with zero attached hydrogens (tertiary/aromatic N) is 2. The highest BCUT2D eigenvalue weighted by molar-refractivity contribution is 5.91. The van der Waals surface area contributed by atoms with Crippen molar-refractivity contribution in [2.75, 3.05) is 18.4 Å². The van der Waals surface area contributed by atoms with Crippen molar-refractivity contribution in [3.8, 4) is 0 Å². The second kappa shape index (κ2) is 6.27. The van der Waals surface area contributed by atoms with Crippen molar-refractivity contribution in [1.29, 1.82) is 0 Å². The Labute approximate surface area is 153 Å². The average molecular weight is 357 g/mol. The summed E-state index contributed by atoms with van der Waals surface area (Å²) in [5, 5.41) is 13.4. The van der Waals surface area contributed by atoms with Gasteiger partial charge < -0.3 is 19.7 Å². The molecule has 26 heavy (non-hydrogen) atoms. The molecule has 1 aromatic carbocycles. The fourth-order valence-electron chi connectivity index (χ4n) is 3.86. The zero-order chi connectivity index (χ0) is 18.5. The molecule has 4 rings (SSSR count). The smallest absolute Gasteiger partial charge is 0.321 e. The number of aliphatic hydroxyl groups excluding tert-OH is 1. The summed E-state index contributed by atoms with van der Waals surface area (Å²) in [4.78, 5) is 18.8. The Hall–Kier alpha value is -2.08. The van der Waals surface area contributed by atoms with Gasteiger partial charge in [-0.25, -0.2) is 9.78 Å². The Morgan fingerprint density at radius 1 is 1.31 bits per heavy atom. The molecular formula is C20H27N3O3. The molecular weight excluding hydrogens is 330 g/mol. The van der Waals surface area contributed by atoms with E-state index in [1.165, 1.54) is 0 Å². The van der Waals surface area contributed by atoms with Crippen molar-refractivity contribution >= 4 is 22.8 Å². The number of fused-ring (bicyclic) bond motifs is 1. The van der Waals surface area contributed by atoms with Gasteiger partial charge in [-0.15, -0.1) is 0 Å². The highest BCUT2D eigenvalue weighted by Gasteiger charge is 2.37. The summed E-state index contributed by atoms with van der Waals surface area (Å²) < 4.78 is 5.76. The van der Waals surface area contributed by atoms with Crippen molar-refractivity contribution in [2.24, 2.45) is 11.3 Å². The summed E-state index contributed by atoms with van der Waals surface area (Å²) >= 11 is 0. The van der Waals surface area contributed by atoms with Crippen LogP contribution in [0, 0.1) is 11.3 Å². The predicted octanol–water partition coefficient (Wildman–Crippen LogP) is 3.97. The first-order valence-electron chi connectivity index (χ1n) is 9.46. The molecule has 2 amide bonds. The van der Waals surface area contributed by atoms with Gasteiger partial charge in [-0.3, -0.25) is 0 Å². The molecule has 6 heteroatoms. The third-order valence-electron chi connectivity index (χ3n) is 5.56. The second-order valence-electron chi connectivity index (χ2n) is 8.71. The lowest BCUT2D eigenvalue weighted by molar-refractivity contribution is -0.0107. The van der Waals surface area contributed by atoms with Gasteiger partial charge in [-0.2, -0.15) is 0 Å². The third-order valence-corrected chi connectivity index (χ3v) is 5.56. The topological polar surface area (TPSA) is 78.6 Å².